The van der Waals surface area contributed by atoms with Gasteiger partial charge in [0.1, 0.15) is 11.6 Å². The summed E-state index contributed by atoms with van der Waals surface area (Å²) in [4.78, 5) is 23.9. The smallest absolute Gasteiger partial charge is 0.242 e. The Kier molecular flexibility index (Phi) is 3.35. The molecule has 0 aromatic rings. The highest BCUT2D eigenvalue weighted by Crippen LogP contribution is 2.58. The van der Waals surface area contributed by atoms with Crippen molar-refractivity contribution in [1.29, 1.82) is 0 Å². The number of nitrogens with two attached hydrogens (primary N) is 1. The van der Waals surface area contributed by atoms with Crippen molar-refractivity contribution in [1.82, 2.24) is 10.6 Å². The minimum absolute atomic E-state index is 0.0403. The molecule has 2 rings (SSSR count). The maximum atomic E-state index is 12.5. The van der Waals surface area contributed by atoms with Gasteiger partial charge in [0.05, 0.1) is 6.10 Å². The third-order valence-corrected chi connectivity index (χ3v) is 4.82. The third-order valence-electron chi connectivity index (χ3n) is 4.82. The quantitative estimate of drug-likeness (QED) is 0.636. The van der Waals surface area contributed by atoms with Gasteiger partial charge in [-0.25, -0.2) is 0 Å². The average molecular weight is 269 g/mol. The van der Waals surface area contributed by atoms with Crippen molar-refractivity contribution in [2.45, 2.75) is 44.9 Å². The zero-order chi connectivity index (χ0) is 14.4. The van der Waals surface area contributed by atoms with Crippen LogP contribution < -0.4 is 16.4 Å². The molecule has 6 heteroatoms. The number of ether oxygens (including phenoxy) is 1. The highest BCUT2D eigenvalue weighted by atomic mass is 16.5. The van der Waals surface area contributed by atoms with Crippen molar-refractivity contribution in [3.63, 3.8) is 0 Å². The van der Waals surface area contributed by atoms with Gasteiger partial charge in [-0.3, -0.25) is 9.59 Å². The van der Waals surface area contributed by atoms with Crippen LogP contribution >= 0.6 is 0 Å². The summed E-state index contributed by atoms with van der Waals surface area (Å²) in [7, 11) is 1.54. The van der Waals surface area contributed by atoms with Crippen LogP contribution in [0.25, 0.3) is 0 Å². The normalized spacial score (nSPS) is 36.9. The summed E-state index contributed by atoms with van der Waals surface area (Å²) in [5.74, 6) is -0.451. The van der Waals surface area contributed by atoms with E-state index < -0.39 is 17.0 Å². The van der Waals surface area contributed by atoms with Gasteiger partial charge < -0.3 is 21.1 Å². The van der Waals surface area contributed by atoms with Crippen LogP contribution in [0.1, 0.15) is 27.2 Å². The maximum absolute atomic E-state index is 12.5. The average Bonchev–Trinajstić information content (AvgIpc) is 2.84. The number of nitrogens with one attached hydrogen (secondary N) is 2. The van der Waals surface area contributed by atoms with Crippen molar-refractivity contribution >= 4 is 11.8 Å². The van der Waals surface area contributed by atoms with Crippen LogP contribution in [0.4, 0.5) is 0 Å². The maximum Gasteiger partial charge on any atom is 0.242 e. The Hall–Kier alpha value is -1.14. The molecular formula is C13H23N3O3. The summed E-state index contributed by atoms with van der Waals surface area (Å²) in [5, 5.41) is 5.22. The zero-order valence-corrected chi connectivity index (χ0v) is 11.9. The number of hydrogen-bond acceptors (Lipinski definition) is 4. The molecule has 1 saturated heterocycles. The van der Waals surface area contributed by atoms with E-state index in [2.05, 4.69) is 10.6 Å². The Morgan fingerprint density at radius 1 is 1.42 bits per heavy atom. The summed E-state index contributed by atoms with van der Waals surface area (Å²) in [5.41, 5.74) is 5.00. The van der Waals surface area contributed by atoms with Crippen LogP contribution in [0.5, 0.6) is 0 Å². The van der Waals surface area contributed by atoms with E-state index in [-0.39, 0.29) is 23.8 Å². The lowest BCUT2D eigenvalue weighted by molar-refractivity contribution is -0.176. The van der Waals surface area contributed by atoms with E-state index in [4.69, 9.17) is 10.5 Å². The van der Waals surface area contributed by atoms with E-state index in [0.29, 0.717) is 6.61 Å². The molecule has 2 fully saturated rings. The molecule has 0 radical (unpaired) electrons. The van der Waals surface area contributed by atoms with E-state index in [9.17, 15) is 9.59 Å². The summed E-state index contributed by atoms with van der Waals surface area (Å²) >= 11 is 0. The van der Waals surface area contributed by atoms with Crippen molar-refractivity contribution in [3.8, 4) is 0 Å². The molecule has 1 aliphatic carbocycles. The number of fused-ring (bicyclic) bond motifs is 1. The fourth-order valence-corrected chi connectivity index (χ4v) is 3.44. The lowest BCUT2D eigenvalue weighted by Gasteiger charge is -2.60. The van der Waals surface area contributed by atoms with Gasteiger partial charge in [-0.1, -0.05) is 13.8 Å². The first-order valence-electron chi connectivity index (χ1n) is 6.69. The Labute approximate surface area is 113 Å². The van der Waals surface area contributed by atoms with Gasteiger partial charge in [0.2, 0.25) is 11.8 Å². The van der Waals surface area contributed by atoms with Crippen molar-refractivity contribution < 1.29 is 14.3 Å². The number of rotatable bonds is 3. The second-order valence-electron chi connectivity index (χ2n) is 6.09. The van der Waals surface area contributed by atoms with Crippen molar-refractivity contribution in [2.75, 3.05) is 13.7 Å². The van der Waals surface area contributed by atoms with Gasteiger partial charge >= 0.3 is 0 Å². The predicted octanol–water partition coefficient (Wildman–Crippen LogP) is -0.620. The SMILES string of the molecule is CNC(=O)C(C)NC(=O)C1(N)C2CCOC2C1(C)C. The first-order valence-corrected chi connectivity index (χ1v) is 6.69. The molecule has 19 heavy (non-hydrogen) atoms. The molecule has 0 spiro atoms. The molecule has 1 heterocycles. The van der Waals surface area contributed by atoms with Gasteiger partial charge in [0.25, 0.3) is 0 Å². The molecule has 0 aromatic carbocycles. The first-order chi connectivity index (χ1) is 8.76. The molecule has 1 saturated carbocycles. The van der Waals surface area contributed by atoms with Crippen LogP contribution in [0.2, 0.25) is 0 Å². The van der Waals surface area contributed by atoms with Crippen molar-refractivity contribution in [2.24, 2.45) is 17.1 Å². The van der Waals surface area contributed by atoms with Gasteiger partial charge in [-0.05, 0) is 13.3 Å². The molecule has 0 aromatic heterocycles. The molecule has 4 unspecified atom stereocenters. The number of hydrogen-bond donors (Lipinski definition) is 3. The van der Waals surface area contributed by atoms with Gasteiger partial charge in [-0.15, -0.1) is 0 Å². The number of amides is 2. The molecule has 6 nitrogen and oxygen atoms in total. The molecule has 108 valence electrons. The lowest BCUT2D eigenvalue weighted by Crippen LogP contribution is -2.80. The first kappa shape index (κ1) is 14.3. The second-order valence-corrected chi connectivity index (χ2v) is 6.09. The fourth-order valence-electron chi connectivity index (χ4n) is 3.44. The van der Waals surface area contributed by atoms with E-state index >= 15 is 0 Å². The largest absolute Gasteiger partial charge is 0.377 e. The Balaban J connectivity index is 2.12. The molecular weight excluding hydrogens is 246 g/mol. The monoisotopic (exact) mass is 269 g/mol. The van der Waals surface area contributed by atoms with E-state index in [0.717, 1.165) is 6.42 Å². The zero-order valence-electron chi connectivity index (χ0n) is 11.9. The summed E-state index contributed by atoms with van der Waals surface area (Å²) in [6.45, 7) is 6.19. The fraction of sp³-hybridized carbons (Fsp3) is 0.846. The molecule has 1 aliphatic heterocycles. The highest BCUT2D eigenvalue weighted by molar-refractivity contribution is 5.93. The number of likely N-dealkylation sites (N-methyl/N-ethyl adjacent to an activating group) is 1. The molecule has 4 N–H and O–H groups in total. The molecule has 0 bridgehead atoms. The standard InChI is InChI=1S/C13H23N3O3/c1-7(10(17)15-4)16-11(18)13(14)8-5-6-19-9(8)12(13,2)3/h7-9H,5-6,14H2,1-4H3,(H,15,17)(H,16,18). The van der Waals surface area contributed by atoms with Crippen LogP contribution in [-0.2, 0) is 14.3 Å². The van der Waals surface area contributed by atoms with Crippen LogP contribution in [-0.4, -0.2) is 43.2 Å². The Bertz CT molecular complexity index is 410. The lowest BCUT2D eigenvalue weighted by atomic mass is 9.48. The van der Waals surface area contributed by atoms with Gasteiger partial charge in [0.15, 0.2) is 0 Å². The van der Waals surface area contributed by atoms with Crippen LogP contribution in [0, 0.1) is 11.3 Å². The Morgan fingerprint density at radius 2 is 2.05 bits per heavy atom. The molecule has 4 atom stereocenters. The van der Waals surface area contributed by atoms with Gasteiger partial charge in [0, 0.05) is 25.0 Å². The molecule has 2 amide bonds. The van der Waals surface area contributed by atoms with Crippen molar-refractivity contribution in [3.05, 3.63) is 0 Å². The minimum atomic E-state index is -0.962. The van der Waals surface area contributed by atoms with Crippen LogP contribution in [0.15, 0.2) is 0 Å². The Morgan fingerprint density at radius 3 is 2.63 bits per heavy atom. The van der Waals surface area contributed by atoms with E-state index in [1.807, 2.05) is 13.8 Å². The minimum Gasteiger partial charge on any atom is -0.377 e. The summed E-state index contributed by atoms with van der Waals surface area (Å²) in [6.07, 6.45) is 0.838. The predicted molar refractivity (Wildman–Crippen MR) is 70.2 cm³/mol. The third kappa shape index (κ3) is 1.77. The van der Waals surface area contributed by atoms with E-state index in [1.165, 1.54) is 7.05 Å². The van der Waals surface area contributed by atoms with Crippen LogP contribution in [0.3, 0.4) is 0 Å². The summed E-state index contributed by atoms with van der Waals surface area (Å²) < 4.78 is 5.65. The highest BCUT2D eigenvalue weighted by Gasteiger charge is 2.71. The molecule has 2 aliphatic rings. The summed E-state index contributed by atoms with van der Waals surface area (Å²) in [6, 6.07) is -0.588. The van der Waals surface area contributed by atoms with Gasteiger partial charge in [-0.2, -0.15) is 0 Å². The number of carbonyl (C=O) groups excluding carboxylic acids is 2. The topological polar surface area (TPSA) is 93.5 Å². The van der Waals surface area contributed by atoms with E-state index in [1.54, 1.807) is 6.92 Å². The number of carbonyl (C=O) groups is 2. The second kappa shape index (κ2) is 4.45.